The Hall–Kier alpha value is -1.86. The van der Waals surface area contributed by atoms with E-state index in [1.165, 1.54) is 0 Å². The number of likely N-dealkylation sites (tertiary alicyclic amines) is 1. The molecule has 3 rings (SSSR count). The summed E-state index contributed by atoms with van der Waals surface area (Å²) in [7, 11) is 0. The first-order valence-corrected chi connectivity index (χ1v) is 7.73. The molecule has 2 aromatic heterocycles. The average molecular weight is 303 g/mol. The van der Waals surface area contributed by atoms with Crippen LogP contribution in [0, 0.1) is 6.92 Å². The fourth-order valence-corrected chi connectivity index (χ4v) is 3.74. The number of primary amides is 1. The normalized spacial score (nSPS) is 22.5. The quantitative estimate of drug-likeness (QED) is 0.918. The molecule has 0 aliphatic carbocycles. The molecule has 2 N–H and O–H groups in total. The summed E-state index contributed by atoms with van der Waals surface area (Å²) in [6, 6.07) is 0. The van der Waals surface area contributed by atoms with Crippen LogP contribution in [0.15, 0.2) is 24.1 Å². The van der Waals surface area contributed by atoms with Gasteiger partial charge in [0, 0.05) is 30.4 Å². The monoisotopic (exact) mass is 303 g/mol. The molecule has 1 amide bonds. The van der Waals surface area contributed by atoms with Crippen molar-refractivity contribution in [3.63, 3.8) is 0 Å². The van der Waals surface area contributed by atoms with Gasteiger partial charge in [0.25, 0.3) is 0 Å². The van der Waals surface area contributed by atoms with Gasteiger partial charge in [-0.05, 0) is 19.8 Å². The molecule has 1 aliphatic heterocycles. The summed E-state index contributed by atoms with van der Waals surface area (Å²) in [5.74, 6) is -0.359. The molecule has 6 nitrogen and oxygen atoms in total. The molecule has 0 bridgehead atoms. The Morgan fingerprint density at radius 3 is 2.95 bits per heavy atom. The third kappa shape index (κ3) is 2.32. The molecular weight excluding hydrogens is 286 g/mol. The minimum Gasteiger partial charge on any atom is -0.368 e. The number of aryl methyl sites for hydroxylation is 1. The molecule has 0 saturated carbocycles. The van der Waals surface area contributed by atoms with Crippen molar-refractivity contribution >= 4 is 17.2 Å². The molecular formula is C14H17N5OS. The first-order valence-electron chi connectivity index (χ1n) is 6.85. The Morgan fingerprint density at radius 1 is 1.48 bits per heavy atom. The highest BCUT2D eigenvalue weighted by molar-refractivity contribution is 7.09. The summed E-state index contributed by atoms with van der Waals surface area (Å²) in [6.45, 7) is 3.46. The SMILES string of the molecule is Cc1ncsc1CN1CCC[C@]1(C(N)=O)c1cnccn1. The van der Waals surface area contributed by atoms with Gasteiger partial charge in [-0.25, -0.2) is 4.98 Å². The van der Waals surface area contributed by atoms with Gasteiger partial charge in [0.05, 0.1) is 23.1 Å². The van der Waals surface area contributed by atoms with Crippen molar-refractivity contribution < 1.29 is 4.79 Å². The number of thiazole rings is 1. The number of carbonyl (C=O) groups is 1. The minimum atomic E-state index is -0.856. The van der Waals surface area contributed by atoms with Crippen LogP contribution in [0.2, 0.25) is 0 Å². The molecule has 110 valence electrons. The lowest BCUT2D eigenvalue weighted by molar-refractivity contribution is -0.129. The van der Waals surface area contributed by atoms with Gasteiger partial charge in [0.1, 0.15) is 5.54 Å². The van der Waals surface area contributed by atoms with Crippen LogP contribution in [-0.2, 0) is 16.9 Å². The zero-order valence-electron chi connectivity index (χ0n) is 11.8. The summed E-state index contributed by atoms with van der Waals surface area (Å²) >= 11 is 1.60. The number of nitrogens with two attached hydrogens (primary N) is 1. The highest BCUT2D eigenvalue weighted by atomic mass is 32.1. The fraction of sp³-hybridized carbons (Fsp3) is 0.429. The van der Waals surface area contributed by atoms with Gasteiger partial charge < -0.3 is 5.73 Å². The third-order valence-electron chi connectivity index (χ3n) is 4.08. The van der Waals surface area contributed by atoms with Crippen molar-refractivity contribution in [1.29, 1.82) is 0 Å². The highest BCUT2D eigenvalue weighted by Crippen LogP contribution is 2.39. The largest absolute Gasteiger partial charge is 0.368 e. The summed E-state index contributed by atoms with van der Waals surface area (Å²) in [4.78, 5) is 28.2. The second kappa shape index (κ2) is 5.50. The second-order valence-electron chi connectivity index (χ2n) is 5.20. The van der Waals surface area contributed by atoms with Crippen LogP contribution in [0.25, 0.3) is 0 Å². The molecule has 1 atom stereocenters. The van der Waals surface area contributed by atoms with E-state index in [0.717, 1.165) is 23.5 Å². The Balaban J connectivity index is 1.99. The number of aromatic nitrogens is 3. The standard InChI is InChI=1S/C14H17N5OS/c1-10-11(21-9-18-10)8-19-6-2-3-14(19,13(15)20)12-7-16-4-5-17-12/h4-5,7,9H,2-3,6,8H2,1H3,(H2,15,20)/t14-/m1/s1. The maximum absolute atomic E-state index is 12.2. The van der Waals surface area contributed by atoms with Gasteiger partial charge in [-0.2, -0.15) is 0 Å². The summed E-state index contributed by atoms with van der Waals surface area (Å²) in [5, 5.41) is 0. The van der Waals surface area contributed by atoms with Crippen molar-refractivity contribution in [2.75, 3.05) is 6.54 Å². The van der Waals surface area contributed by atoms with Crippen LogP contribution in [0.3, 0.4) is 0 Å². The zero-order chi connectivity index (χ0) is 14.9. The van der Waals surface area contributed by atoms with E-state index in [2.05, 4.69) is 19.9 Å². The van der Waals surface area contributed by atoms with E-state index in [1.54, 1.807) is 29.9 Å². The lowest BCUT2D eigenvalue weighted by atomic mass is 9.91. The topological polar surface area (TPSA) is 85.0 Å². The molecule has 1 aliphatic rings. The first-order chi connectivity index (χ1) is 10.1. The van der Waals surface area contributed by atoms with Crippen LogP contribution in [-0.4, -0.2) is 32.3 Å². The highest BCUT2D eigenvalue weighted by Gasteiger charge is 2.49. The molecule has 0 aromatic carbocycles. The number of hydrogen-bond donors (Lipinski definition) is 1. The van der Waals surface area contributed by atoms with Crippen LogP contribution in [0.4, 0.5) is 0 Å². The van der Waals surface area contributed by atoms with E-state index in [1.807, 2.05) is 12.4 Å². The summed E-state index contributed by atoms with van der Waals surface area (Å²) in [6.07, 6.45) is 6.44. The van der Waals surface area contributed by atoms with Crippen molar-refractivity contribution in [3.05, 3.63) is 40.4 Å². The van der Waals surface area contributed by atoms with Gasteiger partial charge in [0.15, 0.2) is 0 Å². The van der Waals surface area contributed by atoms with Crippen molar-refractivity contribution in [1.82, 2.24) is 19.9 Å². The maximum atomic E-state index is 12.2. The predicted molar refractivity (Wildman–Crippen MR) is 79.4 cm³/mol. The fourth-order valence-electron chi connectivity index (χ4n) is 2.95. The minimum absolute atomic E-state index is 0.359. The Bertz CT molecular complexity index is 644. The van der Waals surface area contributed by atoms with Crippen LogP contribution < -0.4 is 5.73 Å². The van der Waals surface area contributed by atoms with Gasteiger partial charge in [-0.1, -0.05) is 0 Å². The lowest BCUT2D eigenvalue weighted by Gasteiger charge is -2.34. The molecule has 2 aromatic rings. The number of nitrogens with zero attached hydrogens (tertiary/aromatic N) is 4. The molecule has 1 saturated heterocycles. The average Bonchev–Trinajstić information content (AvgIpc) is 3.08. The zero-order valence-corrected chi connectivity index (χ0v) is 12.6. The third-order valence-corrected chi connectivity index (χ3v) is 5.00. The van der Waals surface area contributed by atoms with E-state index in [-0.39, 0.29) is 5.91 Å². The molecule has 21 heavy (non-hydrogen) atoms. The van der Waals surface area contributed by atoms with Crippen LogP contribution >= 0.6 is 11.3 Å². The number of rotatable bonds is 4. The van der Waals surface area contributed by atoms with Crippen molar-refractivity contribution in [2.24, 2.45) is 5.73 Å². The van der Waals surface area contributed by atoms with Gasteiger partial charge in [-0.15, -0.1) is 11.3 Å². The first kappa shape index (κ1) is 14.1. The van der Waals surface area contributed by atoms with E-state index in [4.69, 9.17) is 5.73 Å². The Kier molecular flexibility index (Phi) is 3.69. The van der Waals surface area contributed by atoms with Gasteiger partial charge in [0.2, 0.25) is 5.91 Å². The Morgan fingerprint density at radius 2 is 2.33 bits per heavy atom. The van der Waals surface area contributed by atoms with Gasteiger partial charge >= 0.3 is 0 Å². The number of hydrogen-bond acceptors (Lipinski definition) is 6. The second-order valence-corrected chi connectivity index (χ2v) is 6.14. The molecule has 0 spiro atoms. The Labute approximate surface area is 127 Å². The van der Waals surface area contributed by atoms with Crippen molar-refractivity contribution in [3.8, 4) is 0 Å². The molecule has 3 heterocycles. The van der Waals surface area contributed by atoms with E-state index >= 15 is 0 Å². The maximum Gasteiger partial charge on any atom is 0.244 e. The molecule has 1 fully saturated rings. The van der Waals surface area contributed by atoms with Crippen LogP contribution in [0.5, 0.6) is 0 Å². The molecule has 0 unspecified atom stereocenters. The molecule has 7 heteroatoms. The number of amides is 1. The predicted octanol–water partition coefficient (Wildman–Crippen LogP) is 1.22. The summed E-state index contributed by atoms with van der Waals surface area (Å²) in [5.41, 5.74) is 8.37. The summed E-state index contributed by atoms with van der Waals surface area (Å²) < 4.78 is 0. The van der Waals surface area contributed by atoms with Crippen LogP contribution in [0.1, 0.15) is 29.1 Å². The molecule has 0 radical (unpaired) electrons. The smallest absolute Gasteiger partial charge is 0.244 e. The van der Waals surface area contributed by atoms with E-state index < -0.39 is 5.54 Å². The van der Waals surface area contributed by atoms with Gasteiger partial charge in [-0.3, -0.25) is 19.7 Å². The van der Waals surface area contributed by atoms with E-state index in [9.17, 15) is 4.79 Å². The van der Waals surface area contributed by atoms with E-state index in [0.29, 0.717) is 18.7 Å². The lowest BCUT2D eigenvalue weighted by Crippen LogP contribution is -2.51. The number of carbonyl (C=O) groups excluding carboxylic acids is 1. The van der Waals surface area contributed by atoms with Crippen molar-refractivity contribution in [2.45, 2.75) is 31.8 Å².